The van der Waals surface area contributed by atoms with Crippen LogP contribution in [-0.4, -0.2) is 16.3 Å². The zero-order chi connectivity index (χ0) is 11.3. The Morgan fingerprint density at radius 1 is 1.33 bits per heavy atom. The van der Waals surface area contributed by atoms with Crippen LogP contribution in [-0.2, 0) is 5.60 Å². The summed E-state index contributed by atoms with van der Waals surface area (Å²) in [5.41, 5.74) is 0.0207. The van der Waals surface area contributed by atoms with Crippen LogP contribution in [0.2, 0.25) is 0 Å². The van der Waals surface area contributed by atoms with E-state index in [1.54, 1.807) is 26.0 Å². The van der Waals surface area contributed by atoms with Crippen LogP contribution >= 0.6 is 0 Å². The van der Waals surface area contributed by atoms with E-state index >= 15 is 0 Å². The summed E-state index contributed by atoms with van der Waals surface area (Å²) in [5.74, 6) is 0. The van der Waals surface area contributed by atoms with Crippen molar-refractivity contribution in [2.24, 2.45) is 0 Å². The van der Waals surface area contributed by atoms with Gasteiger partial charge in [-0.25, -0.2) is 0 Å². The maximum Gasteiger partial charge on any atom is 0.0902 e. The van der Waals surface area contributed by atoms with Gasteiger partial charge in [0.2, 0.25) is 0 Å². The Balaban J connectivity index is 2.67. The van der Waals surface area contributed by atoms with Crippen LogP contribution in [0.1, 0.15) is 25.8 Å². The maximum atomic E-state index is 10.2. The molecule has 0 saturated heterocycles. The highest BCUT2D eigenvalue weighted by Gasteiger charge is 2.20. The van der Waals surface area contributed by atoms with Gasteiger partial charge in [0.05, 0.1) is 11.7 Å². The van der Waals surface area contributed by atoms with E-state index in [4.69, 9.17) is 5.11 Å². The van der Waals surface area contributed by atoms with E-state index in [-0.39, 0.29) is 0 Å². The molecule has 0 fully saturated rings. The van der Waals surface area contributed by atoms with Gasteiger partial charge in [0.15, 0.2) is 0 Å². The van der Waals surface area contributed by atoms with Crippen LogP contribution in [0, 0.1) is 0 Å². The number of rotatable bonds is 4. The molecular formula is C13H18O2. The molecule has 1 rings (SSSR count). The first-order valence-corrected chi connectivity index (χ1v) is 5.15. The lowest BCUT2D eigenvalue weighted by Gasteiger charge is -2.22. The Morgan fingerprint density at radius 2 is 1.93 bits per heavy atom. The van der Waals surface area contributed by atoms with Gasteiger partial charge < -0.3 is 10.2 Å². The first-order valence-electron chi connectivity index (χ1n) is 5.15. The summed E-state index contributed by atoms with van der Waals surface area (Å²) in [5, 5.41) is 19.2. The SMILES string of the molecule is C[C@H](O)/C=C\C[C@@](C)(O)c1ccccc1. The summed E-state index contributed by atoms with van der Waals surface area (Å²) in [6, 6.07) is 9.53. The highest BCUT2D eigenvalue weighted by molar-refractivity contribution is 5.22. The predicted molar refractivity (Wildman–Crippen MR) is 61.5 cm³/mol. The van der Waals surface area contributed by atoms with Crippen molar-refractivity contribution >= 4 is 0 Å². The van der Waals surface area contributed by atoms with Gasteiger partial charge in [0, 0.05) is 0 Å². The van der Waals surface area contributed by atoms with E-state index in [1.807, 2.05) is 30.3 Å². The topological polar surface area (TPSA) is 40.5 Å². The number of aliphatic hydroxyl groups excluding tert-OH is 1. The van der Waals surface area contributed by atoms with E-state index in [0.29, 0.717) is 6.42 Å². The lowest BCUT2D eigenvalue weighted by Crippen LogP contribution is -2.19. The van der Waals surface area contributed by atoms with Gasteiger partial charge in [-0.1, -0.05) is 42.5 Å². The molecular weight excluding hydrogens is 188 g/mol. The molecule has 0 saturated carbocycles. The standard InChI is InChI=1S/C13H18O2/c1-11(14)7-6-10-13(2,15)12-8-4-3-5-9-12/h3-9,11,14-15H,10H2,1-2H3/b7-6-/t11-,13+/m0/s1. The lowest BCUT2D eigenvalue weighted by molar-refractivity contribution is 0.0603. The van der Waals surface area contributed by atoms with Gasteiger partial charge in [-0.05, 0) is 25.8 Å². The van der Waals surface area contributed by atoms with Crippen molar-refractivity contribution < 1.29 is 10.2 Å². The van der Waals surface area contributed by atoms with Crippen molar-refractivity contribution in [1.82, 2.24) is 0 Å². The minimum absolute atomic E-state index is 0.462. The fraction of sp³-hybridized carbons (Fsp3) is 0.385. The van der Waals surface area contributed by atoms with Crippen molar-refractivity contribution in [2.75, 3.05) is 0 Å². The van der Waals surface area contributed by atoms with Crippen molar-refractivity contribution in [2.45, 2.75) is 32.0 Å². The second-order valence-electron chi connectivity index (χ2n) is 4.01. The molecule has 0 amide bonds. The smallest absolute Gasteiger partial charge is 0.0902 e. The highest BCUT2D eigenvalue weighted by atomic mass is 16.3. The molecule has 2 nitrogen and oxygen atoms in total. The Bertz CT molecular complexity index is 313. The van der Waals surface area contributed by atoms with Crippen LogP contribution in [0.4, 0.5) is 0 Å². The van der Waals surface area contributed by atoms with Crippen LogP contribution in [0.3, 0.4) is 0 Å². The van der Waals surface area contributed by atoms with E-state index < -0.39 is 11.7 Å². The van der Waals surface area contributed by atoms with Crippen LogP contribution in [0.25, 0.3) is 0 Å². The third-order valence-electron chi connectivity index (χ3n) is 2.33. The van der Waals surface area contributed by atoms with Gasteiger partial charge in [-0.2, -0.15) is 0 Å². The summed E-state index contributed by atoms with van der Waals surface area (Å²) in [6.07, 6.45) is 3.52. The molecule has 0 unspecified atom stereocenters. The van der Waals surface area contributed by atoms with Crippen molar-refractivity contribution in [3.8, 4) is 0 Å². The molecule has 0 aliphatic carbocycles. The normalized spacial score (nSPS) is 17.6. The minimum Gasteiger partial charge on any atom is -0.389 e. The predicted octanol–water partition coefficient (Wildman–Crippen LogP) is 2.22. The Labute approximate surface area is 90.9 Å². The molecule has 0 aliphatic rings. The fourth-order valence-corrected chi connectivity index (χ4v) is 1.41. The largest absolute Gasteiger partial charge is 0.389 e. The molecule has 2 N–H and O–H groups in total. The van der Waals surface area contributed by atoms with E-state index in [2.05, 4.69) is 0 Å². The first-order chi connectivity index (χ1) is 7.02. The molecule has 0 aromatic heterocycles. The molecule has 0 heterocycles. The summed E-state index contributed by atoms with van der Waals surface area (Å²) >= 11 is 0. The quantitative estimate of drug-likeness (QED) is 0.742. The van der Waals surface area contributed by atoms with Gasteiger partial charge in [-0.3, -0.25) is 0 Å². The average molecular weight is 206 g/mol. The third-order valence-corrected chi connectivity index (χ3v) is 2.33. The van der Waals surface area contributed by atoms with Gasteiger partial charge in [0.1, 0.15) is 0 Å². The highest BCUT2D eigenvalue weighted by Crippen LogP contribution is 2.24. The van der Waals surface area contributed by atoms with Crippen molar-refractivity contribution in [3.05, 3.63) is 48.0 Å². The summed E-state index contributed by atoms with van der Waals surface area (Å²) < 4.78 is 0. The molecule has 0 aliphatic heterocycles. The average Bonchev–Trinajstić information content (AvgIpc) is 2.18. The Kier molecular flexibility index (Phi) is 4.06. The van der Waals surface area contributed by atoms with Crippen molar-refractivity contribution in [1.29, 1.82) is 0 Å². The fourth-order valence-electron chi connectivity index (χ4n) is 1.41. The molecule has 1 aromatic carbocycles. The monoisotopic (exact) mass is 206 g/mol. The number of benzene rings is 1. The first kappa shape index (κ1) is 12.0. The van der Waals surface area contributed by atoms with E-state index in [0.717, 1.165) is 5.56 Å². The van der Waals surface area contributed by atoms with Crippen LogP contribution < -0.4 is 0 Å². The molecule has 0 spiro atoms. The van der Waals surface area contributed by atoms with E-state index in [9.17, 15) is 5.11 Å². The lowest BCUT2D eigenvalue weighted by atomic mass is 9.92. The summed E-state index contributed by atoms with van der Waals surface area (Å²) in [4.78, 5) is 0. The molecule has 0 bridgehead atoms. The summed E-state index contributed by atoms with van der Waals surface area (Å²) in [6.45, 7) is 3.46. The zero-order valence-electron chi connectivity index (χ0n) is 9.22. The molecule has 1 aromatic rings. The van der Waals surface area contributed by atoms with Gasteiger partial charge in [-0.15, -0.1) is 0 Å². The Morgan fingerprint density at radius 3 is 2.47 bits per heavy atom. The molecule has 2 atom stereocenters. The van der Waals surface area contributed by atoms with Gasteiger partial charge >= 0.3 is 0 Å². The second kappa shape index (κ2) is 5.10. The maximum absolute atomic E-state index is 10.2. The van der Waals surface area contributed by atoms with Crippen LogP contribution in [0.15, 0.2) is 42.5 Å². The van der Waals surface area contributed by atoms with Crippen molar-refractivity contribution in [3.63, 3.8) is 0 Å². The van der Waals surface area contributed by atoms with Crippen LogP contribution in [0.5, 0.6) is 0 Å². The minimum atomic E-state index is -0.868. The summed E-state index contributed by atoms with van der Waals surface area (Å²) in [7, 11) is 0. The zero-order valence-corrected chi connectivity index (χ0v) is 9.22. The molecule has 0 radical (unpaired) electrons. The van der Waals surface area contributed by atoms with E-state index in [1.165, 1.54) is 0 Å². The Hall–Kier alpha value is -1.12. The number of aliphatic hydroxyl groups is 2. The number of hydrogen-bond acceptors (Lipinski definition) is 2. The molecule has 82 valence electrons. The third kappa shape index (κ3) is 3.86. The molecule has 2 heteroatoms. The number of hydrogen-bond donors (Lipinski definition) is 2. The van der Waals surface area contributed by atoms with Gasteiger partial charge in [0.25, 0.3) is 0 Å². The molecule has 15 heavy (non-hydrogen) atoms. The second-order valence-corrected chi connectivity index (χ2v) is 4.01.